The zero-order chi connectivity index (χ0) is 14.9. The minimum atomic E-state index is 0.0315. The molecule has 0 atom stereocenters. The third-order valence-corrected chi connectivity index (χ3v) is 3.18. The summed E-state index contributed by atoms with van der Waals surface area (Å²) in [6.07, 6.45) is 7.94. The van der Waals surface area contributed by atoms with E-state index in [1.807, 2.05) is 36.2 Å². The number of carbonyl (C=O) groups excluding carboxylic acids is 1. The molecule has 21 heavy (non-hydrogen) atoms. The van der Waals surface area contributed by atoms with Crippen molar-refractivity contribution in [1.82, 2.24) is 20.2 Å². The Labute approximate surface area is 125 Å². The van der Waals surface area contributed by atoms with Gasteiger partial charge in [-0.25, -0.2) is 0 Å². The van der Waals surface area contributed by atoms with Crippen molar-refractivity contribution in [3.8, 4) is 0 Å². The van der Waals surface area contributed by atoms with Gasteiger partial charge in [-0.05, 0) is 48.9 Å². The number of hydrogen-bond donors (Lipinski definition) is 1. The standard InChI is InChI=1S/C16H20N4O/c1-20(11-6-14-2-7-17-8-3-14)13-16(21)19-12-15-4-9-18-10-5-15/h2-5,7-10H,6,11-13H2,1H3,(H,19,21). The van der Waals surface area contributed by atoms with Gasteiger partial charge in [0.05, 0.1) is 6.54 Å². The number of pyridine rings is 2. The van der Waals surface area contributed by atoms with Crippen LogP contribution in [0.15, 0.2) is 49.1 Å². The van der Waals surface area contributed by atoms with Gasteiger partial charge in [-0.2, -0.15) is 0 Å². The quantitative estimate of drug-likeness (QED) is 0.832. The molecule has 5 nitrogen and oxygen atoms in total. The third-order valence-electron chi connectivity index (χ3n) is 3.18. The molecule has 1 amide bonds. The maximum Gasteiger partial charge on any atom is 0.234 e. The lowest BCUT2D eigenvalue weighted by molar-refractivity contribution is -0.122. The van der Waals surface area contributed by atoms with Crippen LogP contribution in [0.25, 0.3) is 0 Å². The minimum absolute atomic E-state index is 0.0315. The highest BCUT2D eigenvalue weighted by molar-refractivity contribution is 5.77. The van der Waals surface area contributed by atoms with E-state index in [9.17, 15) is 4.79 Å². The van der Waals surface area contributed by atoms with E-state index in [4.69, 9.17) is 0 Å². The summed E-state index contributed by atoms with van der Waals surface area (Å²) in [6, 6.07) is 7.79. The summed E-state index contributed by atoms with van der Waals surface area (Å²) in [5.41, 5.74) is 2.28. The zero-order valence-electron chi connectivity index (χ0n) is 12.2. The second kappa shape index (κ2) is 8.11. The van der Waals surface area contributed by atoms with Crippen molar-refractivity contribution in [1.29, 1.82) is 0 Å². The lowest BCUT2D eigenvalue weighted by Crippen LogP contribution is -2.35. The number of hydrogen-bond acceptors (Lipinski definition) is 4. The molecular weight excluding hydrogens is 264 g/mol. The molecule has 2 rings (SSSR count). The monoisotopic (exact) mass is 284 g/mol. The molecule has 0 bridgehead atoms. The van der Waals surface area contributed by atoms with Gasteiger partial charge < -0.3 is 5.32 Å². The number of carbonyl (C=O) groups is 1. The number of nitrogens with one attached hydrogen (secondary N) is 1. The number of amides is 1. The van der Waals surface area contributed by atoms with E-state index in [0.29, 0.717) is 13.1 Å². The van der Waals surface area contributed by atoms with Gasteiger partial charge in [-0.3, -0.25) is 19.7 Å². The van der Waals surface area contributed by atoms with Gasteiger partial charge in [0.15, 0.2) is 0 Å². The first-order valence-electron chi connectivity index (χ1n) is 6.97. The first-order valence-corrected chi connectivity index (χ1v) is 6.97. The average Bonchev–Trinajstić information content (AvgIpc) is 2.53. The number of nitrogens with zero attached hydrogens (tertiary/aromatic N) is 3. The third kappa shape index (κ3) is 5.71. The van der Waals surface area contributed by atoms with Crippen LogP contribution in [0.4, 0.5) is 0 Å². The van der Waals surface area contributed by atoms with Crippen LogP contribution in [0.2, 0.25) is 0 Å². The summed E-state index contributed by atoms with van der Waals surface area (Å²) in [7, 11) is 1.95. The topological polar surface area (TPSA) is 58.1 Å². The lowest BCUT2D eigenvalue weighted by Gasteiger charge is -2.16. The van der Waals surface area contributed by atoms with E-state index < -0.39 is 0 Å². The molecule has 0 fully saturated rings. The molecule has 1 N–H and O–H groups in total. The maximum atomic E-state index is 11.9. The highest BCUT2D eigenvalue weighted by Crippen LogP contribution is 1.99. The number of aromatic nitrogens is 2. The van der Waals surface area contributed by atoms with Crippen LogP contribution in [0.3, 0.4) is 0 Å². The molecule has 0 aliphatic carbocycles. The molecule has 0 aromatic carbocycles. The summed E-state index contributed by atoms with van der Waals surface area (Å²) < 4.78 is 0. The van der Waals surface area contributed by atoms with Gasteiger partial charge in [0.25, 0.3) is 0 Å². The Balaban J connectivity index is 1.67. The molecule has 110 valence electrons. The summed E-state index contributed by atoms with van der Waals surface area (Å²) in [6.45, 7) is 1.78. The molecule has 0 aliphatic heterocycles. The minimum Gasteiger partial charge on any atom is -0.351 e. The van der Waals surface area contributed by atoms with Crippen molar-refractivity contribution < 1.29 is 4.79 Å². The zero-order valence-corrected chi connectivity index (χ0v) is 12.2. The smallest absolute Gasteiger partial charge is 0.234 e. The molecule has 2 heterocycles. The first-order chi connectivity index (χ1) is 10.2. The highest BCUT2D eigenvalue weighted by Gasteiger charge is 2.06. The van der Waals surface area contributed by atoms with Gasteiger partial charge in [0.2, 0.25) is 5.91 Å². The fourth-order valence-electron chi connectivity index (χ4n) is 1.95. The molecule has 2 aromatic rings. The number of likely N-dealkylation sites (N-methyl/N-ethyl adjacent to an activating group) is 1. The fraction of sp³-hybridized carbons (Fsp3) is 0.312. The predicted molar refractivity (Wildman–Crippen MR) is 81.5 cm³/mol. The van der Waals surface area contributed by atoms with Crippen LogP contribution in [-0.4, -0.2) is 40.9 Å². The summed E-state index contributed by atoms with van der Waals surface area (Å²) in [4.78, 5) is 21.8. The Hall–Kier alpha value is -2.27. The number of rotatable bonds is 7. The second-order valence-corrected chi connectivity index (χ2v) is 4.98. The fourth-order valence-corrected chi connectivity index (χ4v) is 1.95. The molecular formula is C16H20N4O. The van der Waals surface area contributed by atoms with Crippen LogP contribution in [0, 0.1) is 0 Å². The lowest BCUT2D eigenvalue weighted by atomic mass is 10.2. The molecule has 0 spiro atoms. The van der Waals surface area contributed by atoms with Crippen molar-refractivity contribution in [3.05, 3.63) is 60.2 Å². The average molecular weight is 284 g/mol. The Bertz CT molecular complexity index is 545. The second-order valence-electron chi connectivity index (χ2n) is 4.98. The maximum absolute atomic E-state index is 11.9. The van der Waals surface area contributed by atoms with Gasteiger partial charge in [0, 0.05) is 37.9 Å². The van der Waals surface area contributed by atoms with E-state index in [1.54, 1.807) is 24.8 Å². The first kappa shape index (κ1) is 15.1. The van der Waals surface area contributed by atoms with Crippen molar-refractivity contribution in [2.45, 2.75) is 13.0 Å². The molecule has 2 aromatic heterocycles. The highest BCUT2D eigenvalue weighted by atomic mass is 16.2. The van der Waals surface area contributed by atoms with E-state index in [-0.39, 0.29) is 5.91 Å². The summed E-state index contributed by atoms with van der Waals surface area (Å²) in [5, 5.41) is 2.91. The van der Waals surface area contributed by atoms with Crippen LogP contribution in [0.1, 0.15) is 11.1 Å². The van der Waals surface area contributed by atoms with Crippen LogP contribution in [0.5, 0.6) is 0 Å². The van der Waals surface area contributed by atoms with Crippen molar-refractivity contribution in [3.63, 3.8) is 0 Å². The molecule has 0 aliphatic rings. The molecule has 0 radical (unpaired) electrons. The van der Waals surface area contributed by atoms with Gasteiger partial charge in [-0.15, -0.1) is 0 Å². The van der Waals surface area contributed by atoms with E-state index in [2.05, 4.69) is 15.3 Å². The normalized spacial score (nSPS) is 10.6. The Morgan fingerprint density at radius 1 is 1.05 bits per heavy atom. The predicted octanol–water partition coefficient (Wildman–Crippen LogP) is 1.27. The summed E-state index contributed by atoms with van der Waals surface area (Å²) >= 11 is 0. The van der Waals surface area contributed by atoms with Crippen molar-refractivity contribution >= 4 is 5.91 Å². The molecule has 0 saturated carbocycles. The molecule has 5 heteroatoms. The molecule has 0 saturated heterocycles. The van der Waals surface area contributed by atoms with Gasteiger partial charge in [0.1, 0.15) is 0 Å². The summed E-state index contributed by atoms with van der Waals surface area (Å²) in [5.74, 6) is 0.0315. The van der Waals surface area contributed by atoms with Crippen molar-refractivity contribution in [2.75, 3.05) is 20.1 Å². The van der Waals surface area contributed by atoms with E-state index in [1.165, 1.54) is 5.56 Å². The van der Waals surface area contributed by atoms with Crippen molar-refractivity contribution in [2.24, 2.45) is 0 Å². The van der Waals surface area contributed by atoms with Crippen LogP contribution >= 0.6 is 0 Å². The SMILES string of the molecule is CN(CCc1ccncc1)CC(=O)NCc1ccncc1. The van der Waals surface area contributed by atoms with E-state index >= 15 is 0 Å². The largest absolute Gasteiger partial charge is 0.351 e. The van der Waals surface area contributed by atoms with E-state index in [0.717, 1.165) is 18.5 Å². The Morgan fingerprint density at radius 2 is 1.62 bits per heavy atom. The van der Waals surface area contributed by atoms with Gasteiger partial charge in [-0.1, -0.05) is 0 Å². The van der Waals surface area contributed by atoms with Gasteiger partial charge >= 0.3 is 0 Å². The molecule has 0 unspecified atom stereocenters. The van der Waals surface area contributed by atoms with Crippen LogP contribution < -0.4 is 5.32 Å². The van der Waals surface area contributed by atoms with Crippen LogP contribution in [-0.2, 0) is 17.8 Å². The Kier molecular flexibility index (Phi) is 5.84. The Morgan fingerprint density at radius 3 is 2.24 bits per heavy atom.